The Morgan fingerprint density at radius 1 is 1.31 bits per heavy atom. The van der Waals surface area contributed by atoms with Gasteiger partial charge in [-0.3, -0.25) is 9.89 Å². The van der Waals surface area contributed by atoms with E-state index in [9.17, 15) is 0 Å². The predicted octanol–water partition coefficient (Wildman–Crippen LogP) is 2.78. The summed E-state index contributed by atoms with van der Waals surface area (Å²) < 4.78 is 2.18. The van der Waals surface area contributed by atoms with Crippen molar-refractivity contribution < 1.29 is 0 Å². The average molecular weight is 378 g/mol. The summed E-state index contributed by atoms with van der Waals surface area (Å²) in [7, 11) is 4.25. The first-order chi connectivity index (χ1) is 12.6. The molecule has 3 rings (SSSR count). The van der Waals surface area contributed by atoms with Crippen molar-refractivity contribution in [3.63, 3.8) is 0 Å². The van der Waals surface area contributed by atoms with Crippen molar-refractivity contribution in [2.45, 2.75) is 44.7 Å². The lowest BCUT2D eigenvalue weighted by Crippen LogP contribution is -2.53. The molecule has 1 saturated carbocycles. The first kappa shape index (κ1) is 19.6. The van der Waals surface area contributed by atoms with Crippen LogP contribution in [-0.4, -0.2) is 70.6 Å². The van der Waals surface area contributed by atoms with Gasteiger partial charge in [0.2, 0.25) is 0 Å². The molecule has 0 atom stereocenters. The molecule has 0 radical (unpaired) electrons. The third-order valence-electron chi connectivity index (χ3n) is 5.89. The monoisotopic (exact) mass is 377 g/mol. The molecule has 1 aliphatic carbocycles. The van der Waals surface area contributed by atoms with E-state index in [1.165, 1.54) is 56.0 Å². The Morgan fingerprint density at radius 3 is 2.65 bits per heavy atom. The van der Waals surface area contributed by atoms with E-state index in [0.717, 1.165) is 25.6 Å². The van der Waals surface area contributed by atoms with Crippen molar-refractivity contribution >= 4 is 17.7 Å². The molecule has 5 nitrogen and oxygen atoms in total. The van der Waals surface area contributed by atoms with Gasteiger partial charge in [0.25, 0.3) is 0 Å². The molecule has 146 valence electrons. The van der Waals surface area contributed by atoms with Crippen molar-refractivity contribution in [1.82, 2.24) is 19.7 Å². The van der Waals surface area contributed by atoms with E-state index in [2.05, 4.69) is 70.8 Å². The minimum atomic E-state index is 0.299. The highest BCUT2D eigenvalue weighted by Crippen LogP contribution is 2.37. The van der Waals surface area contributed by atoms with E-state index < -0.39 is 0 Å². The third kappa shape index (κ3) is 4.58. The summed E-state index contributed by atoms with van der Waals surface area (Å²) in [5.74, 6) is 3.59. The minimum Gasteiger partial charge on any atom is -0.357 e. The molecule has 0 aromatic carbocycles. The Bertz CT molecular complexity index is 585. The maximum Gasteiger partial charge on any atom is 0.194 e. The van der Waals surface area contributed by atoms with Crippen LogP contribution >= 0.6 is 11.8 Å². The van der Waals surface area contributed by atoms with E-state index in [4.69, 9.17) is 4.99 Å². The Labute approximate surface area is 163 Å². The lowest BCUT2D eigenvalue weighted by molar-refractivity contribution is 0.112. The summed E-state index contributed by atoms with van der Waals surface area (Å²) in [6.07, 6.45) is 7.43. The zero-order valence-corrected chi connectivity index (χ0v) is 17.5. The van der Waals surface area contributed by atoms with Crippen molar-refractivity contribution in [2.75, 3.05) is 44.7 Å². The molecule has 26 heavy (non-hydrogen) atoms. The number of thioether (sulfide) groups is 1. The normalized spacial score (nSPS) is 21.1. The highest BCUT2D eigenvalue weighted by molar-refractivity contribution is 7.99. The number of nitrogens with zero attached hydrogens (tertiary/aromatic N) is 4. The third-order valence-corrected chi connectivity index (χ3v) is 6.83. The molecule has 0 bridgehead atoms. The second-order valence-corrected chi connectivity index (χ2v) is 8.89. The first-order valence-electron chi connectivity index (χ1n) is 10.1. The van der Waals surface area contributed by atoms with Crippen LogP contribution in [0.25, 0.3) is 0 Å². The molecule has 2 fully saturated rings. The SMILES string of the molecule is CCNC(=NCC1(N2CCSCC2)CCCC1)N(C)Cc1cccn1C. The van der Waals surface area contributed by atoms with Crippen LogP contribution in [-0.2, 0) is 13.6 Å². The lowest BCUT2D eigenvalue weighted by atomic mass is 9.95. The van der Waals surface area contributed by atoms with Gasteiger partial charge in [0.15, 0.2) is 5.96 Å². The molecule has 0 spiro atoms. The molecule has 6 heteroatoms. The molecule has 1 saturated heterocycles. The fraction of sp³-hybridized carbons (Fsp3) is 0.750. The fourth-order valence-electron chi connectivity index (χ4n) is 4.32. The van der Waals surface area contributed by atoms with Crippen LogP contribution in [0.4, 0.5) is 0 Å². The van der Waals surface area contributed by atoms with Gasteiger partial charge < -0.3 is 14.8 Å². The lowest BCUT2D eigenvalue weighted by Gasteiger charge is -2.42. The van der Waals surface area contributed by atoms with Crippen molar-refractivity contribution in [1.29, 1.82) is 0 Å². The van der Waals surface area contributed by atoms with Crippen LogP contribution in [0.3, 0.4) is 0 Å². The van der Waals surface area contributed by atoms with Crippen LogP contribution in [0.2, 0.25) is 0 Å². The van der Waals surface area contributed by atoms with Crippen LogP contribution in [0.1, 0.15) is 38.3 Å². The standard InChI is InChI=1S/C20H35N5S/c1-4-21-19(24(3)16-18-8-7-11-23(18)2)22-17-20(9-5-6-10-20)25-12-14-26-15-13-25/h7-8,11H,4-6,9-10,12-17H2,1-3H3,(H,21,22). The number of guanidine groups is 1. The molecular weight excluding hydrogens is 342 g/mol. The maximum atomic E-state index is 5.13. The van der Waals surface area contributed by atoms with Gasteiger partial charge >= 0.3 is 0 Å². The molecule has 2 aliphatic rings. The number of aryl methyl sites for hydroxylation is 1. The van der Waals surface area contributed by atoms with Gasteiger partial charge in [0.05, 0.1) is 13.1 Å². The average Bonchev–Trinajstić information content (AvgIpc) is 3.30. The van der Waals surface area contributed by atoms with Crippen molar-refractivity contribution in [3.8, 4) is 0 Å². The van der Waals surface area contributed by atoms with Crippen LogP contribution in [0.5, 0.6) is 0 Å². The van der Waals surface area contributed by atoms with Crippen molar-refractivity contribution in [3.05, 3.63) is 24.0 Å². The summed E-state index contributed by atoms with van der Waals surface area (Å²) >= 11 is 2.10. The van der Waals surface area contributed by atoms with Crippen LogP contribution in [0, 0.1) is 0 Å². The van der Waals surface area contributed by atoms with Gasteiger partial charge in [-0.25, -0.2) is 0 Å². The van der Waals surface area contributed by atoms with Crippen molar-refractivity contribution in [2.24, 2.45) is 12.0 Å². The van der Waals surface area contributed by atoms with Crippen LogP contribution < -0.4 is 5.32 Å². The highest BCUT2D eigenvalue weighted by Gasteiger charge is 2.40. The smallest absolute Gasteiger partial charge is 0.194 e. The number of nitrogens with one attached hydrogen (secondary N) is 1. The molecule has 2 heterocycles. The summed E-state index contributed by atoms with van der Waals surface area (Å²) in [6.45, 7) is 7.33. The number of hydrogen-bond acceptors (Lipinski definition) is 3. The molecule has 1 N–H and O–H groups in total. The molecule has 1 aliphatic heterocycles. The van der Waals surface area contributed by atoms with E-state index >= 15 is 0 Å². The molecule has 0 amide bonds. The Hall–Kier alpha value is -1.14. The number of hydrogen-bond donors (Lipinski definition) is 1. The fourth-order valence-corrected chi connectivity index (χ4v) is 5.22. The largest absolute Gasteiger partial charge is 0.357 e. The van der Waals surface area contributed by atoms with Crippen LogP contribution in [0.15, 0.2) is 23.3 Å². The molecule has 1 aromatic heterocycles. The van der Waals surface area contributed by atoms with E-state index in [1.54, 1.807) is 0 Å². The van der Waals surface area contributed by atoms with Gasteiger partial charge in [0, 0.05) is 62.7 Å². The summed E-state index contributed by atoms with van der Waals surface area (Å²) in [5, 5.41) is 3.50. The summed E-state index contributed by atoms with van der Waals surface area (Å²) in [4.78, 5) is 10.1. The van der Waals surface area contributed by atoms with Gasteiger partial charge in [-0.2, -0.15) is 11.8 Å². The molecular formula is C20H35N5S. The van der Waals surface area contributed by atoms with Gasteiger partial charge in [-0.15, -0.1) is 0 Å². The zero-order valence-electron chi connectivity index (χ0n) is 16.7. The predicted molar refractivity (Wildman–Crippen MR) is 113 cm³/mol. The first-order valence-corrected chi connectivity index (χ1v) is 11.2. The number of aliphatic imine (C=N–C) groups is 1. The maximum absolute atomic E-state index is 5.13. The summed E-state index contributed by atoms with van der Waals surface area (Å²) in [6, 6.07) is 4.29. The highest BCUT2D eigenvalue weighted by atomic mass is 32.2. The Morgan fingerprint density at radius 2 is 2.04 bits per heavy atom. The minimum absolute atomic E-state index is 0.299. The second-order valence-electron chi connectivity index (χ2n) is 7.67. The number of rotatable bonds is 6. The van der Waals surface area contributed by atoms with E-state index in [-0.39, 0.29) is 0 Å². The molecule has 0 unspecified atom stereocenters. The topological polar surface area (TPSA) is 35.8 Å². The summed E-state index contributed by atoms with van der Waals surface area (Å²) in [5.41, 5.74) is 1.61. The van der Waals surface area contributed by atoms with Gasteiger partial charge in [-0.1, -0.05) is 12.8 Å². The number of aromatic nitrogens is 1. The van der Waals surface area contributed by atoms with Gasteiger partial charge in [-0.05, 0) is 31.9 Å². The zero-order chi connectivity index (χ0) is 18.4. The van der Waals surface area contributed by atoms with Gasteiger partial charge in [0.1, 0.15) is 0 Å². The quantitative estimate of drug-likeness (QED) is 0.611. The Kier molecular flexibility index (Phi) is 6.92. The van der Waals surface area contributed by atoms with E-state index in [1.807, 2.05) is 0 Å². The van der Waals surface area contributed by atoms with E-state index in [0.29, 0.717) is 5.54 Å². The Balaban J connectivity index is 1.71. The molecule has 1 aromatic rings. The second kappa shape index (κ2) is 9.18.